The summed E-state index contributed by atoms with van der Waals surface area (Å²) in [5.74, 6) is 0.678. The Morgan fingerprint density at radius 3 is 2.76 bits per heavy atom. The monoisotopic (exact) mass is 398 g/mol. The molecule has 1 unspecified atom stereocenters. The quantitative estimate of drug-likeness (QED) is 0.812. The number of piperidine rings is 1. The molecule has 7 heteroatoms. The van der Waals surface area contributed by atoms with Gasteiger partial charge in [0.15, 0.2) is 0 Å². The Morgan fingerprint density at radius 1 is 1.31 bits per heavy atom. The zero-order chi connectivity index (χ0) is 21.0. The molecular formula is C22H30N4O3. The van der Waals surface area contributed by atoms with E-state index in [9.17, 15) is 9.59 Å². The molecule has 29 heavy (non-hydrogen) atoms. The minimum absolute atomic E-state index is 0.00881. The molecular weight excluding hydrogens is 368 g/mol. The van der Waals surface area contributed by atoms with Gasteiger partial charge in [0.1, 0.15) is 11.4 Å². The Labute approximate surface area is 172 Å². The van der Waals surface area contributed by atoms with Crippen LogP contribution in [-0.4, -0.2) is 52.2 Å². The van der Waals surface area contributed by atoms with Gasteiger partial charge in [-0.1, -0.05) is 12.1 Å². The number of ether oxygens (including phenoxy) is 1. The maximum absolute atomic E-state index is 12.9. The molecule has 1 aliphatic heterocycles. The number of nitrogens with one attached hydrogen (secondary N) is 1. The first-order valence-electron chi connectivity index (χ1n) is 10.2. The van der Waals surface area contributed by atoms with Crippen molar-refractivity contribution in [1.29, 1.82) is 0 Å². The summed E-state index contributed by atoms with van der Waals surface area (Å²) in [7, 11) is 1.80. The fourth-order valence-electron chi connectivity index (χ4n) is 3.69. The van der Waals surface area contributed by atoms with Gasteiger partial charge in [-0.25, -0.2) is 0 Å². The Hall–Kier alpha value is -2.83. The van der Waals surface area contributed by atoms with Crippen LogP contribution in [0.2, 0.25) is 0 Å². The van der Waals surface area contributed by atoms with Gasteiger partial charge in [0.05, 0.1) is 17.9 Å². The Balaban J connectivity index is 1.62. The molecule has 156 valence electrons. The van der Waals surface area contributed by atoms with E-state index >= 15 is 0 Å². The number of carbonyl (C=O) groups excluding carboxylic acids is 2. The molecule has 1 aliphatic rings. The lowest BCUT2D eigenvalue weighted by Crippen LogP contribution is -2.42. The highest BCUT2D eigenvalue weighted by Crippen LogP contribution is 2.23. The molecule has 2 heterocycles. The van der Waals surface area contributed by atoms with E-state index in [1.807, 2.05) is 49.9 Å². The number of hydrogen-bond acceptors (Lipinski definition) is 4. The van der Waals surface area contributed by atoms with E-state index in [0.717, 1.165) is 25.1 Å². The molecule has 0 saturated carbocycles. The lowest BCUT2D eigenvalue weighted by molar-refractivity contribution is 0.0622. The molecule has 2 aromatic rings. The Morgan fingerprint density at radius 2 is 2.07 bits per heavy atom. The van der Waals surface area contributed by atoms with Crippen LogP contribution >= 0.6 is 0 Å². The van der Waals surface area contributed by atoms with Crippen LogP contribution in [0.15, 0.2) is 30.3 Å². The number of rotatable bonds is 6. The van der Waals surface area contributed by atoms with Crippen LogP contribution in [0.3, 0.4) is 0 Å². The second-order valence-corrected chi connectivity index (χ2v) is 7.99. The molecule has 0 bridgehead atoms. The predicted octanol–water partition coefficient (Wildman–Crippen LogP) is 2.80. The van der Waals surface area contributed by atoms with Crippen LogP contribution in [0.25, 0.3) is 0 Å². The van der Waals surface area contributed by atoms with E-state index in [1.165, 1.54) is 0 Å². The summed E-state index contributed by atoms with van der Waals surface area (Å²) in [4.78, 5) is 27.2. The van der Waals surface area contributed by atoms with E-state index in [-0.39, 0.29) is 23.8 Å². The second kappa shape index (κ2) is 9.11. The first kappa shape index (κ1) is 20.9. The summed E-state index contributed by atoms with van der Waals surface area (Å²) in [6, 6.07) is 9.17. The van der Waals surface area contributed by atoms with E-state index < -0.39 is 0 Å². The molecule has 1 aromatic heterocycles. The third-order valence-electron chi connectivity index (χ3n) is 5.05. The third-order valence-corrected chi connectivity index (χ3v) is 5.05. The van der Waals surface area contributed by atoms with Crippen molar-refractivity contribution in [3.63, 3.8) is 0 Å². The van der Waals surface area contributed by atoms with Gasteiger partial charge < -0.3 is 15.0 Å². The number of carbonyl (C=O) groups is 2. The zero-order valence-corrected chi connectivity index (χ0v) is 17.6. The van der Waals surface area contributed by atoms with Crippen molar-refractivity contribution in [2.75, 3.05) is 19.7 Å². The van der Waals surface area contributed by atoms with E-state index in [1.54, 1.807) is 17.8 Å². The average molecular weight is 399 g/mol. The van der Waals surface area contributed by atoms with Crippen LogP contribution in [0.4, 0.5) is 0 Å². The molecule has 0 radical (unpaired) electrons. The van der Waals surface area contributed by atoms with Crippen molar-refractivity contribution in [3.05, 3.63) is 47.3 Å². The molecule has 1 saturated heterocycles. The summed E-state index contributed by atoms with van der Waals surface area (Å²) in [5, 5.41) is 7.18. The van der Waals surface area contributed by atoms with Crippen molar-refractivity contribution in [1.82, 2.24) is 20.0 Å². The smallest absolute Gasteiger partial charge is 0.272 e. The fourth-order valence-corrected chi connectivity index (χ4v) is 3.69. The van der Waals surface area contributed by atoms with Crippen LogP contribution in [-0.2, 0) is 7.05 Å². The SMILES string of the molecule is Cc1cc(C(=O)N2CCCC(COc3ccccc3C(=O)NC(C)C)C2)n(C)n1. The Kier molecular flexibility index (Phi) is 6.56. The standard InChI is InChI=1S/C22H30N4O3/c1-15(2)23-21(27)18-9-5-6-10-20(18)29-14-17-8-7-11-26(13-17)22(28)19-12-16(3)24-25(19)4/h5-6,9-10,12,15,17H,7-8,11,13-14H2,1-4H3,(H,23,27). The van der Waals surface area contributed by atoms with Crippen LogP contribution < -0.4 is 10.1 Å². The molecule has 2 amide bonds. The van der Waals surface area contributed by atoms with Gasteiger partial charge in [0.25, 0.3) is 11.8 Å². The van der Waals surface area contributed by atoms with Crippen molar-refractivity contribution < 1.29 is 14.3 Å². The normalized spacial score (nSPS) is 16.7. The number of aryl methyl sites for hydroxylation is 2. The molecule has 7 nitrogen and oxygen atoms in total. The van der Waals surface area contributed by atoms with Crippen molar-refractivity contribution >= 4 is 11.8 Å². The predicted molar refractivity (Wildman–Crippen MR) is 111 cm³/mol. The lowest BCUT2D eigenvalue weighted by atomic mass is 9.98. The summed E-state index contributed by atoms with van der Waals surface area (Å²) in [5.41, 5.74) is 1.99. The largest absolute Gasteiger partial charge is 0.492 e. The minimum atomic E-state index is -0.136. The van der Waals surface area contributed by atoms with Crippen LogP contribution in [0, 0.1) is 12.8 Å². The molecule has 0 spiro atoms. The molecule has 1 aromatic carbocycles. The third kappa shape index (κ3) is 5.16. The van der Waals surface area contributed by atoms with Crippen LogP contribution in [0.1, 0.15) is 53.2 Å². The van der Waals surface area contributed by atoms with Crippen LogP contribution in [0.5, 0.6) is 5.75 Å². The topological polar surface area (TPSA) is 76.5 Å². The second-order valence-electron chi connectivity index (χ2n) is 7.99. The zero-order valence-electron chi connectivity index (χ0n) is 17.6. The molecule has 3 rings (SSSR count). The van der Waals surface area contributed by atoms with Crippen molar-refractivity contribution in [2.45, 2.75) is 39.7 Å². The number of amides is 2. The Bertz CT molecular complexity index is 875. The van der Waals surface area contributed by atoms with Gasteiger partial charge in [-0.2, -0.15) is 5.10 Å². The fraction of sp³-hybridized carbons (Fsp3) is 0.500. The number of nitrogens with zero attached hydrogens (tertiary/aromatic N) is 3. The number of para-hydroxylation sites is 1. The molecule has 1 N–H and O–H groups in total. The maximum atomic E-state index is 12.9. The van der Waals surface area contributed by atoms with Gasteiger partial charge in [-0.05, 0) is 51.8 Å². The van der Waals surface area contributed by atoms with Gasteiger partial charge in [0.2, 0.25) is 0 Å². The molecule has 1 atom stereocenters. The maximum Gasteiger partial charge on any atom is 0.272 e. The van der Waals surface area contributed by atoms with Gasteiger partial charge >= 0.3 is 0 Å². The summed E-state index contributed by atoms with van der Waals surface area (Å²) >= 11 is 0. The lowest BCUT2D eigenvalue weighted by Gasteiger charge is -2.32. The number of aromatic nitrogens is 2. The molecule has 0 aliphatic carbocycles. The first-order chi connectivity index (χ1) is 13.8. The highest BCUT2D eigenvalue weighted by Gasteiger charge is 2.27. The molecule has 1 fully saturated rings. The minimum Gasteiger partial charge on any atom is -0.492 e. The average Bonchev–Trinajstić information content (AvgIpc) is 3.03. The van der Waals surface area contributed by atoms with E-state index in [2.05, 4.69) is 10.4 Å². The number of likely N-dealkylation sites (tertiary alicyclic amines) is 1. The van der Waals surface area contributed by atoms with E-state index in [0.29, 0.717) is 30.2 Å². The van der Waals surface area contributed by atoms with Gasteiger partial charge in [0, 0.05) is 32.1 Å². The first-order valence-corrected chi connectivity index (χ1v) is 10.2. The van der Waals surface area contributed by atoms with Crippen molar-refractivity contribution in [3.8, 4) is 5.75 Å². The van der Waals surface area contributed by atoms with Gasteiger partial charge in [-0.3, -0.25) is 14.3 Å². The number of benzene rings is 1. The van der Waals surface area contributed by atoms with Crippen molar-refractivity contribution in [2.24, 2.45) is 13.0 Å². The van der Waals surface area contributed by atoms with E-state index in [4.69, 9.17) is 4.74 Å². The number of hydrogen-bond donors (Lipinski definition) is 1. The summed E-state index contributed by atoms with van der Waals surface area (Å²) in [6.07, 6.45) is 1.93. The van der Waals surface area contributed by atoms with Gasteiger partial charge in [-0.15, -0.1) is 0 Å². The highest BCUT2D eigenvalue weighted by atomic mass is 16.5. The highest BCUT2D eigenvalue weighted by molar-refractivity contribution is 5.97. The summed E-state index contributed by atoms with van der Waals surface area (Å²) in [6.45, 7) is 7.60. The summed E-state index contributed by atoms with van der Waals surface area (Å²) < 4.78 is 7.66.